The molecule has 0 aromatic heterocycles. The summed E-state index contributed by atoms with van der Waals surface area (Å²) in [5.74, 6) is 0. The Balaban J connectivity index is 2.21. The molecule has 0 spiro atoms. The van der Waals surface area contributed by atoms with E-state index in [0.717, 1.165) is 13.0 Å². The van der Waals surface area contributed by atoms with Gasteiger partial charge in [-0.05, 0) is 32.9 Å². The third-order valence-corrected chi connectivity index (χ3v) is 2.34. The van der Waals surface area contributed by atoms with Crippen LogP contribution in [0, 0.1) is 0 Å². The summed E-state index contributed by atoms with van der Waals surface area (Å²) in [6, 6.07) is 0. The summed E-state index contributed by atoms with van der Waals surface area (Å²) < 4.78 is 0. The number of nitrogens with zero attached hydrogens (tertiary/aromatic N) is 1. The molecular weight excluding hydrogens is 124 g/mol. The van der Waals surface area contributed by atoms with Crippen LogP contribution in [-0.4, -0.2) is 30.1 Å². The van der Waals surface area contributed by atoms with E-state index in [1.807, 2.05) is 0 Å². The van der Waals surface area contributed by atoms with Gasteiger partial charge in [0.15, 0.2) is 0 Å². The SMILES string of the molecule is CCC(C)(N)CN1CCC1. The minimum atomic E-state index is 0.0421. The van der Waals surface area contributed by atoms with Crippen molar-refractivity contribution in [2.24, 2.45) is 5.73 Å². The summed E-state index contributed by atoms with van der Waals surface area (Å²) in [7, 11) is 0. The van der Waals surface area contributed by atoms with Crippen LogP contribution in [0.3, 0.4) is 0 Å². The van der Waals surface area contributed by atoms with Gasteiger partial charge in [-0.25, -0.2) is 0 Å². The van der Waals surface area contributed by atoms with Crippen molar-refractivity contribution < 1.29 is 0 Å². The highest BCUT2D eigenvalue weighted by Gasteiger charge is 2.23. The van der Waals surface area contributed by atoms with Gasteiger partial charge in [0.2, 0.25) is 0 Å². The van der Waals surface area contributed by atoms with Crippen molar-refractivity contribution in [3.63, 3.8) is 0 Å². The molecule has 1 atom stereocenters. The largest absolute Gasteiger partial charge is 0.324 e. The van der Waals surface area contributed by atoms with Crippen molar-refractivity contribution in [2.45, 2.75) is 32.2 Å². The molecule has 1 rings (SSSR count). The summed E-state index contributed by atoms with van der Waals surface area (Å²) in [4.78, 5) is 2.42. The second-order valence-corrected chi connectivity index (χ2v) is 3.64. The fraction of sp³-hybridized carbons (Fsp3) is 1.00. The molecule has 0 amide bonds. The molecule has 1 saturated heterocycles. The van der Waals surface area contributed by atoms with E-state index in [-0.39, 0.29) is 5.54 Å². The molecule has 10 heavy (non-hydrogen) atoms. The lowest BCUT2D eigenvalue weighted by atomic mass is 9.98. The molecule has 0 radical (unpaired) electrons. The number of nitrogens with two attached hydrogens (primary N) is 1. The lowest BCUT2D eigenvalue weighted by molar-refractivity contribution is 0.142. The van der Waals surface area contributed by atoms with E-state index in [1.54, 1.807) is 0 Å². The first-order chi connectivity index (χ1) is 4.64. The zero-order valence-corrected chi connectivity index (χ0v) is 7.06. The first-order valence-corrected chi connectivity index (χ1v) is 4.15. The van der Waals surface area contributed by atoms with E-state index < -0.39 is 0 Å². The third-order valence-electron chi connectivity index (χ3n) is 2.34. The van der Waals surface area contributed by atoms with Crippen LogP contribution in [0.15, 0.2) is 0 Å². The van der Waals surface area contributed by atoms with Gasteiger partial charge in [-0.3, -0.25) is 0 Å². The van der Waals surface area contributed by atoms with Crippen LogP contribution < -0.4 is 5.73 Å². The number of likely N-dealkylation sites (tertiary alicyclic amines) is 1. The minimum Gasteiger partial charge on any atom is -0.324 e. The fourth-order valence-corrected chi connectivity index (χ4v) is 1.16. The van der Waals surface area contributed by atoms with E-state index in [0.29, 0.717) is 0 Å². The maximum Gasteiger partial charge on any atom is 0.0252 e. The smallest absolute Gasteiger partial charge is 0.0252 e. The summed E-state index contributed by atoms with van der Waals surface area (Å²) >= 11 is 0. The highest BCUT2D eigenvalue weighted by molar-refractivity contribution is 4.83. The summed E-state index contributed by atoms with van der Waals surface area (Å²) in [5, 5.41) is 0. The predicted molar refractivity (Wildman–Crippen MR) is 43.9 cm³/mol. The van der Waals surface area contributed by atoms with Crippen molar-refractivity contribution in [3.05, 3.63) is 0 Å². The van der Waals surface area contributed by atoms with E-state index >= 15 is 0 Å². The highest BCUT2D eigenvalue weighted by Crippen LogP contribution is 2.12. The molecule has 1 unspecified atom stereocenters. The second kappa shape index (κ2) is 2.89. The fourth-order valence-electron chi connectivity index (χ4n) is 1.16. The Kier molecular flexibility index (Phi) is 2.32. The van der Waals surface area contributed by atoms with Crippen LogP contribution in [0.5, 0.6) is 0 Å². The maximum atomic E-state index is 5.98. The Labute approximate surface area is 63.4 Å². The summed E-state index contributed by atoms with van der Waals surface area (Å²) in [6.07, 6.45) is 2.43. The first-order valence-electron chi connectivity index (χ1n) is 4.15. The Hall–Kier alpha value is -0.0800. The molecule has 60 valence electrons. The Morgan fingerprint density at radius 1 is 1.50 bits per heavy atom. The molecule has 0 bridgehead atoms. The van der Waals surface area contributed by atoms with Gasteiger partial charge in [0.25, 0.3) is 0 Å². The average molecular weight is 142 g/mol. The van der Waals surface area contributed by atoms with Gasteiger partial charge in [0.05, 0.1) is 0 Å². The molecule has 2 N–H and O–H groups in total. The van der Waals surface area contributed by atoms with Crippen LogP contribution in [0.1, 0.15) is 26.7 Å². The topological polar surface area (TPSA) is 29.3 Å². The van der Waals surface area contributed by atoms with Gasteiger partial charge < -0.3 is 10.6 Å². The molecule has 0 aliphatic carbocycles. The molecule has 0 aromatic carbocycles. The zero-order chi connectivity index (χ0) is 7.61. The van der Waals surface area contributed by atoms with Crippen LogP contribution in [0.4, 0.5) is 0 Å². The molecule has 1 heterocycles. The van der Waals surface area contributed by atoms with Crippen LogP contribution >= 0.6 is 0 Å². The lowest BCUT2D eigenvalue weighted by Crippen LogP contribution is -2.51. The zero-order valence-electron chi connectivity index (χ0n) is 7.06. The molecule has 1 aliphatic heterocycles. The average Bonchev–Trinajstić information content (AvgIpc) is 1.80. The highest BCUT2D eigenvalue weighted by atomic mass is 15.2. The molecule has 1 aliphatic rings. The van der Waals surface area contributed by atoms with Gasteiger partial charge in [-0.15, -0.1) is 0 Å². The molecule has 0 saturated carbocycles. The van der Waals surface area contributed by atoms with E-state index in [4.69, 9.17) is 5.73 Å². The van der Waals surface area contributed by atoms with Gasteiger partial charge in [-0.1, -0.05) is 6.92 Å². The van der Waals surface area contributed by atoms with E-state index in [1.165, 1.54) is 19.5 Å². The van der Waals surface area contributed by atoms with Crippen molar-refractivity contribution in [1.29, 1.82) is 0 Å². The maximum absolute atomic E-state index is 5.98. The molecular formula is C8H18N2. The number of rotatable bonds is 3. The lowest BCUT2D eigenvalue weighted by Gasteiger charge is -2.37. The van der Waals surface area contributed by atoms with Crippen molar-refractivity contribution in [1.82, 2.24) is 4.90 Å². The normalized spacial score (nSPS) is 25.5. The minimum absolute atomic E-state index is 0.0421. The molecule has 2 nitrogen and oxygen atoms in total. The van der Waals surface area contributed by atoms with Crippen LogP contribution in [0.2, 0.25) is 0 Å². The summed E-state index contributed by atoms with van der Waals surface area (Å²) in [5.41, 5.74) is 6.03. The number of hydrogen-bond acceptors (Lipinski definition) is 2. The monoisotopic (exact) mass is 142 g/mol. The molecule has 1 fully saturated rings. The quantitative estimate of drug-likeness (QED) is 0.632. The Morgan fingerprint density at radius 3 is 2.40 bits per heavy atom. The van der Waals surface area contributed by atoms with Gasteiger partial charge in [0.1, 0.15) is 0 Å². The van der Waals surface area contributed by atoms with Crippen molar-refractivity contribution in [2.75, 3.05) is 19.6 Å². The number of hydrogen-bond donors (Lipinski definition) is 1. The predicted octanol–water partition coefficient (Wildman–Crippen LogP) is 0.820. The third kappa shape index (κ3) is 1.96. The van der Waals surface area contributed by atoms with Crippen molar-refractivity contribution in [3.8, 4) is 0 Å². The Morgan fingerprint density at radius 2 is 2.10 bits per heavy atom. The van der Waals surface area contributed by atoms with Crippen LogP contribution in [0.25, 0.3) is 0 Å². The first kappa shape index (κ1) is 8.02. The van der Waals surface area contributed by atoms with Gasteiger partial charge in [0, 0.05) is 12.1 Å². The van der Waals surface area contributed by atoms with Gasteiger partial charge in [-0.2, -0.15) is 0 Å². The Bertz CT molecular complexity index is 106. The summed E-state index contributed by atoms with van der Waals surface area (Å²) in [6.45, 7) is 7.87. The second-order valence-electron chi connectivity index (χ2n) is 3.64. The standard InChI is InChI=1S/C8H18N2/c1-3-8(2,9)7-10-5-4-6-10/h3-7,9H2,1-2H3. The van der Waals surface area contributed by atoms with Crippen molar-refractivity contribution >= 4 is 0 Å². The molecule has 2 heteroatoms. The van der Waals surface area contributed by atoms with E-state index in [9.17, 15) is 0 Å². The van der Waals surface area contributed by atoms with E-state index in [2.05, 4.69) is 18.7 Å². The molecule has 0 aromatic rings. The van der Waals surface area contributed by atoms with Gasteiger partial charge >= 0.3 is 0 Å². The van der Waals surface area contributed by atoms with Crippen LogP contribution in [-0.2, 0) is 0 Å².